The molecule has 0 atom stereocenters. The highest BCUT2D eigenvalue weighted by molar-refractivity contribution is 5.95. The number of nitrogens with zero attached hydrogens (tertiary/aromatic N) is 4. The van der Waals surface area contributed by atoms with Crippen LogP contribution in [-0.4, -0.2) is 30.4 Å². The van der Waals surface area contributed by atoms with Gasteiger partial charge in [-0.1, -0.05) is 0 Å². The van der Waals surface area contributed by atoms with Crippen LogP contribution in [-0.2, 0) is 11.8 Å². The monoisotopic (exact) mass is 271 g/mol. The van der Waals surface area contributed by atoms with E-state index in [9.17, 15) is 9.90 Å². The first kappa shape index (κ1) is 12.2. The minimum absolute atomic E-state index is 0.0487. The summed E-state index contributed by atoms with van der Waals surface area (Å²) in [6, 6.07) is 1.62. The molecule has 20 heavy (non-hydrogen) atoms. The first-order valence-electron chi connectivity index (χ1n) is 6.01. The molecule has 0 aliphatic rings. The second-order valence-electron chi connectivity index (χ2n) is 4.55. The fourth-order valence-electron chi connectivity index (χ4n) is 2.11. The van der Waals surface area contributed by atoms with Crippen LogP contribution in [0.4, 0.5) is 5.69 Å². The van der Waals surface area contributed by atoms with Crippen molar-refractivity contribution in [2.24, 2.45) is 7.05 Å². The summed E-state index contributed by atoms with van der Waals surface area (Å²) in [5.41, 5.74) is 2.61. The maximum Gasteiger partial charge on any atom is 0.221 e. The number of rotatable bonds is 2. The minimum Gasteiger partial charge on any atom is -0.506 e. The summed E-state index contributed by atoms with van der Waals surface area (Å²) in [5.74, 6) is -0.164. The van der Waals surface area contributed by atoms with Gasteiger partial charge in [-0.15, -0.1) is 0 Å². The standard InChI is InChI=1S/C13H13N5O2/c1-8(19)16-11-5-15-18-7-9(3-12(20)13(11)18)10-4-14-17(2)6-10/h3-7,20H,1-2H3,(H,16,19). The predicted molar refractivity (Wildman–Crippen MR) is 73.4 cm³/mol. The Morgan fingerprint density at radius 3 is 2.70 bits per heavy atom. The molecule has 0 spiro atoms. The van der Waals surface area contributed by atoms with Gasteiger partial charge in [-0.2, -0.15) is 10.2 Å². The molecular formula is C13H13N5O2. The van der Waals surface area contributed by atoms with Crippen LogP contribution in [0.25, 0.3) is 16.6 Å². The first-order chi connectivity index (χ1) is 9.54. The molecule has 0 aromatic carbocycles. The molecule has 102 valence electrons. The van der Waals surface area contributed by atoms with E-state index in [0.29, 0.717) is 11.2 Å². The van der Waals surface area contributed by atoms with Gasteiger partial charge >= 0.3 is 0 Å². The van der Waals surface area contributed by atoms with E-state index >= 15 is 0 Å². The van der Waals surface area contributed by atoms with Crippen LogP contribution in [0.5, 0.6) is 5.75 Å². The summed E-state index contributed by atoms with van der Waals surface area (Å²) in [5, 5.41) is 21.0. The van der Waals surface area contributed by atoms with Crippen molar-refractivity contribution in [2.75, 3.05) is 5.32 Å². The number of aromatic nitrogens is 4. The number of fused-ring (bicyclic) bond motifs is 1. The number of amides is 1. The largest absolute Gasteiger partial charge is 0.506 e. The Bertz CT molecular complexity index is 802. The average molecular weight is 271 g/mol. The molecule has 3 rings (SSSR count). The van der Waals surface area contributed by atoms with Crippen LogP contribution in [0.1, 0.15) is 6.92 Å². The lowest BCUT2D eigenvalue weighted by molar-refractivity contribution is -0.114. The Kier molecular flexibility index (Phi) is 2.67. The van der Waals surface area contributed by atoms with Gasteiger partial charge in [-0.05, 0) is 6.07 Å². The Morgan fingerprint density at radius 1 is 1.25 bits per heavy atom. The van der Waals surface area contributed by atoms with E-state index in [1.807, 2.05) is 13.2 Å². The number of hydrogen-bond acceptors (Lipinski definition) is 4. The molecule has 3 aromatic rings. The van der Waals surface area contributed by atoms with Gasteiger partial charge in [0.05, 0.1) is 18.1 Å². The Hall–Kier alpha value is -2.83. The summed E-state index contributed by atoms with van der Waals surface area (Å²) in [6.45, 7) is 1.41. The summed E-state index contributed by atoms with van der Waals surface area (Å²) in [6.07, 6.45) is 6.83. The third-order valence-electron chi connectivity index (χ3n) is 2.94. The van der Waals surface area contributed by atoms with Crippen molar-refractivity contribution in [3.8, 4) is 16.9 Å². The van der Waals surface area contributed by atoms with Gasteiger partial charge < -0.3 is 10.4 Å². The second-order valence-corrected chi connectivity index (χ2v) is 4.55. The Labute approximate surface area is 114 Å². The average Bonchev–Trinajstić information content (AvgIpc) is 2.96. The fourth-order valence-corrected chi connectivity index (χ4v) is 2.11. The third-order valence-corrected chi connectivity index (χ3v) is 2.94. The van der Waals surface area contributed by atoms with Crippen molar-refractivity contribution in [1.29, 1.82) is 0 Å². The molecule has 0 saturated heterocycles. The van der Waals surface area contributed by atoms with Gasteiger partial charge in [-0.25, -0.2) is 4.52 Å². The molecule has 2 N–H and O–H groups in total. The van der Waals surface area contributed by atoms with Gasteiger partial charge in [0, 0.05) is 37.5 Å². The lowest BCUT2D eigenvalue weighted by atomic mass is 10.1. The number of hydrogen-bond donors (Lipinski definition) is 2. The molecule has 0 bridgehead atoms. The van der Waals surface area contributed by atoms with E-state index in [2.05, 4.69) is 15.5 Å². The number of nitrogens with one attached hydrogen (secondary N) is 1. The van der Waals surface area contributed by atoms with Crippen molar-refractivity contribution in [3.05, 3.63) is 30.9 Å². The van der Waals surface area contributed by atoms with E-state index in [-0.39, 0.29) is 11.7 Å². The van der Waals surface area contributed by atoms with Crippen LogP contribution >= 0.6 is 0 Å². The van der Waals surface area contributed by atoms with Crippen LogP contribution < -0.4 is 5.32 Å². The third kappa shape index (κ3) is 1.99. The zero-order valence-corrected chi connectivity index (χ0v) is 11.0. The molecule has 3 heterocycles. The number of pyridine rings is 1. The number of aryl methyl sites for hydroxylation is 1. The molecular weight excluding hydrogens is 258 g/mol. The van der Waals surface area contributed by atoms with E-state index in [0.717, 1.165) is 11.1 Å². The number of anilines is 1. The van der Waals surface area contributed by atoms with Gasteiger partial charge in [0.2, 0.25) is 5.91 Å². The van der Waals surface area contributed by atoms with Crippen molar-refractivity contribution in [1.82, 2.24) is 19.4 Å². The molecule has 0 aliphatic heterocycles. The van der Waals surface area contributed by atoms with E-state index < -0.39 is 0 Å². The molecule has 0 aliphatic carbocycles. The van der Waals surface area contributed by atoms with Crippen molar-refractivity contribution in [3.63, 3.8) is 0 Å². The summed E-state index contributed by atoms with van der Waals surface area (Å²) in [7, 11) is 1.82. The molecule has 7 heteroatoms. The number of carbonyl (C=O) groups excluding carboxylic acids is 1. The van der Waals surface area contributed by atoms with Crippen molar-refractivity contribution < 1.29 is 9.90 Å². The predicted octanol–water partition coefficient (Wildman–Crippen LogP) is 1.40. The molecule has 7 nitrogen and oxygen atoms in total. The fraction of sp³-hybridized carbons (Fsp3) is 0.154. The Balaban J connectivity index is 2.14. The lowest BCUT2D eigenvalue weighted by Gasteiger charge is -2.04. The normalized spacial score (nSPS) is 10.9. The second kappa shape index (κ2) is 4.37. The SMILES string of the molecule is CC(=O)Nc1cnn2cc(-c3cnn(C)c3)cc(O)c12. The highest BCUT2D eigenvalue weighted by Crippen LogP contribution is 2.31. The summed E-state index contributed by atoms with van der Waals surface area (Å²) in [4.78, 5) is 11.1. The van der Waals surface area contributed by atoms with Gasteiger partial charge in [0.25, 0.3) is 0 Å². The number of carbonyl (C=O) groups is 1. The van der Waals surface area contributed by atoms with E-state index in [4.69, 9.17) is 0 Å². The quantitative estimate of drug-likeness (QED) is 0.737. The molecule has 3 aromatic heterocycles. The molecule has 1 amide bonds. The molecule has 0 unspecified atom stereocenters. The maximum atomic E-state index is 11.1. The topological polar surface area (TPSA) is 84.5 Å². The van der Waals surface area contributed by atoms with Crippen LogP contribution in [0.3, 0.4) is 0 Å². The van der Waals surface area contributed by atoms with Crippen molar-refractivity contribution in [2.45, 2.75) is 6.92 Å². The van der Waals surface area contributed by atoms with E-state index in [1.54, 1.807) is 23.1 Å². The van der Waals surface area contributed by atoms with Gasteiger partial charge in [0.1, 0.15) is 11.3 Å². The summed E-state index contributed by atoms with van der Waals surface area (Å²) < 4.78 is 3.21. The Morgan fingerprint density at radius 2 is 2.05 bits per heavy atom. The molecule has 0 radical (unpaired) electrons. The molecule has 0 saturated carbocycles. The van der Waals surface area contributed by atoms with Crippen LogP contribution in [0.15, 0.2) is 30.9 Å². The first-order valence-corrected chi connectivity index (χ1v) is 6.01. The minimum atomic E-state index is -0.212. The van der Waals surface area contributed by atoms with Crippen molar-refractivity contribution >= 4 is 17.1 Å². The summed E-state index contributed by atoms with van der Waals surface area (Å²) >= 11 is 0. The zero-order chi connectivity index (χ0) is 14.3. The lowest BCUT2D eigenvalue weighted by Crippen LogP contribution is -2.05. The maximum absolute atomic E-state index is 11.1. The van der Waals surface area contributed by atoms with Crippen LogP contribution in [0, 0.1) is 0 Å². The molecule has 0 fully saturated rings. The smallest absolute Gasteiger partial charge is 0.221 e. The number of aromatic hydroxyl groups is 1. The zero-order valence-electron chi connectivity index (χ0n) is 11.0. The van der Waals surface area contributed by atoms with Gasteiger partial charge in [-0.3, -0.25) is 9.48 Å². The highest BCUT2D eigenvalue weighted by atomic mass is 16.3. The van der Waals surface area contributed by atoms with E-state index in [1.165, 1.54) is 17.6 Å². The highest BCUT2D eigenvalue weighted by Gasteiger charge is 2.12. The van der Waals surface area contributed by atoms with Crippen LogP contribution in [0.2, 0.25) is 0 Å². The van der Waals surface area contributed by atoms with Gasteiger partial charge in [0.15, 0.2) is 0 Å².